The van der Waals surface area contributed by atoms with Crippen LogP contribution >= 0.6 is 0 Å². The molecule has 0 aliphatic carbocycles. The Kier molecular flexibility index (Phi) is 10.9. The number of carbonyl (C=O) groups is 4. The van der Waals surface area contributed by atoms with Crippen molar-refractivity contribution in [1.82, 2.24) is 0 Å². The van der Waals surface area contributed by atoms with Gasteiger partial charge in [0, 0.05) is 50.4 Å². The van der Waals surface area contributed by atoms with Crippen LogP contribution < -0.4 is 72.7 Å². The van der Waals surface area contributed by atoms with Crippen molar-refractivity contribution in [2.45, 2.75) is 27.7 Å². The summed E-state index contributed by atoms with van der Waals surface area (Å²) < 4.78 is 0. The Morgan fingerprint density at radius 3 is 0.833 bits per heavy atom. The largest absolute Gasteiger partial charge is 1.00 e. The first-order chi connectivity index (χ1) is 19.6. The molecule has 0 bridgehead atoms. The molecule has 4 rings (SSSR count). The second-order valence-electron chi connectivity index (χ2n) is 10.1. The molecule has 208 valence electrons. The summed E-state index contributed by atoms with van der Waals surface area (Å²) >= 11 is 0. The Morgan fingerprint density at radius 1 is 0.429 bits per heavy atom. The van der Waals surface area contributed by atoms with Gasteiger partial charge in [-0.05, 0) is 24.3 Å². The van der Waals surface area contributed by atoms with Crippen molar-refractivity contribution in [1.29, 1.82) is 0 Å². The van der Waals surface area contributed by atoms with Gasteiger partial charge in [0.1, 0.15) is 6.15 Å². The van der Waals surface area contributed by atoms with E-state index in [4.69, 9.17) is 0 Å². The van der Waals surface area contributed by atoms with E-state index in [2.05, 4.69) is 21.3 Å². The molecule has 0 aliphatic heterocycles. The molecule has 4 amide bonds. The second kappa shape index (κ2) is 14.1. The van der Waals surface area contributed by atoms with Gasteiger partial charge in [-0.2, -0.15) is 21.9 Å². The van der Waals surface area contributed by atoms with Crippen molar-refractivity contribution in [2.24, 2.45) is 0 Å². The molecule has 0 radical (unpaired) electrons. The number of rotatable bonds is 8. The third-order valence-corrected chi connectivity index (χ3v) is 6.83. The topological polar surface area (TPSA) is 116 Å². The summed E-state index contributed by atoms with van der Waals surface area (Å²) in [6.07, 6.45) is -2.02. The number of nitrogens with one attached hydrogen (secondary N) is 4. The fourth-order valence-electron chi connectivity index (χ4n) is 5.51. The maximum absolute atomic E-state index is 12.0. The van der Waals surface area contributed by atoms with Gasteiger partial charge in [-0.25, -0.2) is 0 Å². The summed E-state index contributed by atoms with van der Waals surface area (Å²) in [4.78, 5) is 48.0. The summed E-state index contributed by atoms with van der Waals surface area (Å²) in [7, 11) is 0. The zero-order valence-electron chi connectivity index (χ0n) is 24.4. The SMILES string of the molecule is CC(=O)Nc1cccc([B-](c2cccc(NC(C)=O)c2)(c2cccc(NC(C)=O)c2)c2cccc(NC(C)=O)c2)c1.[Na+]. The smallest absolute Gasteiger partial charge is 0.326 e. The van der Waals surface area contributed by atoms with Crippen LogP contribution in [-0.2, 0) is 19.2 Å². The van der Waals surface area contributed by atoms with Crippen LogP contribution in [0.4, 0.5) is 22.7 Å². The van der Waals surface area contributed by atoms with Crippen molar-refractivity contribution in [3.63, 3.8) is 0 Å². The van der Waals surface area contributed by atoms with E-state index in [9.17, 15) is 19.2 Å². The molecule has 0 unspecified atom stereocenters. The van der Waals surface area contributed by atoms with E-state index in [-0.39, 0.29) is 53.2 Å². The molecular formula is C32H32BN4NaO4. The molecule has 0 spiro atoms. The number of hydrogen-bond acceptors (Lipinski definition) is 4. The van der Waals surface area contributed by atoms with E-state index >= 15 is 0 Å². The van der Waals surface area contributed by atoms with E-state index in [1.807, 2.05) is 97.1 Å². The van der Waals surface area contributed by atoms with E-state index in [0.717, 1.165) is 21.9 Å². The van der Waals surface area contributed by atoms with Gasteiger partial charge < -0.3 is 21.3 Å². The average molecular weight is 570 g/mol. The van der Waals surface area contributed by atoms with Crippen LogP contribution in [0, 0.1) is 0 Å². The number of amides is 4. The summed E-state index contributed by atoms with van der Waals surface area (Å²) in [5.41, 5.74) is 5.97. The monoisotopic (exact) mass is 570 g/mol. The van der Waals surface area contributed by atoms with Crippen molar-refractivity contribution < 1.29 is 48.7 Å². The standard InChI is InChI=1S/C32H32BN4O4.Na/c1-21(38)34-29-13-5-9-25(17-29)33(26-10-6-14-30(18-26)35-22(2)39,27-11-7-15-31(19-27)36-23(3)40)28-12-8-16-32(20-28)37-24(4)41;/h5-20H,1-4H3,(H,34,38)(H,35,39)(H,36,40)(H,37,41);/q-1;+1. The Labute approximate surface area is 267 Å². The minimum absolute atomic E-state index is 0. The molecule has 0 aliphatic rings. The van der Waals surface area contributed by atoms with Crippen LogP contribution in [0.5, 0.6) is 0 Å². The Morgan fingerprint density at radius 2 is 0.643 bits per heavy atom. The Bertz CT molecular complexity index is 1400. The van der Waals surface area contributed by atoms with Gasteiger partial charge in [-0.1, -0.05) is 72.8 Å². The molecule has 0 aromatic heterocycles. The van der Waals surface area contributed by atoms with Crippen molar-refractivity contribution in [2.75, 3.05) is 21.3 Å². The van der Waals surface area contributed by atoms with E-state index < -0.39 is 6.15 Å². The second-order valence-corrected chi connectivity index (χ2v) is 10.1. The predicted molar refractivity (Wildman–Crippen MR) is 167 cm³/mol. The van der Waals surface area contributed by atoms with E-state index in [1.165, 1.54) is 27.7 Å². The van der Waals surface area contributed by atoms with Crippen molar-refractivity contribution in [3.8, 4) is 0 Å². The summed E-state index contributed by atoms with van der Waals surface area (Å²) in [5, 5.41) is 11.5. The van der Waals surface area contributed by atoms with Gasteiger partial charge in [-0.15, -0.1) is 0 Å². The van der Waals surface area contributed by atoms with Crippen molar-refractivity contribution in [3.05, 3.63) is 97.1 Å². The Balaban J connectivity index is 0.00000484. The van der Waals surface area contributed by atoms with Gasteiger partial charge in [0.15, 0.2) is 0 Å². The number of hydrogen-bond donors (Lipinski definition) is 4. The number of anilines is 4. The first-order valence-corrected chi connectivity index (χ1v) is 13.3. The molecule has 4 aromatic carbocycles. The van der Waals surface area contributed by atoms with E-state index in [0.29, 0.717) is 22.7 Å². The molecule has 8 nitrogen and oxygen atoms in total. The summed E-state index contributed by atoms with van der Waals surface area (Å²) in [6, 6.07) is 30.5. The molecule has 4 N–H and O–H groups in total. The third-order valence-electron chi connectivity index (χ3n) is 6.83. The third kappa shape index (κ3) is 7.56. The molecular weight excluding hydrogens is 538 g/mol. The molecule has 0 saturated carbocycles. The van der Waals surface area contributed by atoms with Crippen LogP contribution in [0.2, 0.25) is 0 Å². The zero-order valence-corrected chi connectivity index (χ0v) is 26.4. The Hall–Kier alpha value is -4.18. The van der Waals surface area contributed by atoms with Crippen LogP contribution in [-0.4, -0.2) is 29.8 Å². The first-order valence-electron chi connectivity index (χ1n) is 13.3. The maximum atomic E-state index is 12.0. The van der Waals surface area contributed by atoms with Gasteiger partial charge >= 0.3 is 29.6 Å². The minimum Gasteiger partial charge on any atom is -0.326 e. The molecule has 4 aromatic rings. The summed E-state index contributed by atoms with van der Waals surface area (Å²) in [6.45, 7) is 5.82. The molecule has 0 saturated heterocycles. The maximum Gasteiger partial charge on any atom is 1.00 e. The summed E-state index contributed by atoms with van der Waals surface area (Å²) in [5.74, 6) is -0.803. The number of carbonyl (C=O) groups excluding carboxylic acids is 4. The van der Waals surface area contributed by atoms with Gasteiger partial charge in [0.25, 0.3) is 0 Å². The van der Waals surface area contributed by atoms with Gasteiger partial charge in [-0.3, -0.25) is 19.2 Å². The molecule has 10 heteroatoms. The van der Waals surface area contributed by atoms with Crippen LogP contribution in [0.15, 0.2) is 97.1 Å². The predicted octanol–water partition coefficient (Wildman–Crippen LogP) is -0.0984. The van der Waals surface area contributed by atoms with Gasteiger partial charge in [0.2, 0.25) is 23.6 Å². The zero-order chi connectivity index (χ0) is 29.6. The normalized spacial score (nSPS) is 10.6. The van der Waals surface area contributed by atoms with Crippen LogP contribution in [0.3, 0.4) is 0 Å². The van der Waals surface area contributed by atoms with Crippen molar-refractivity contribution >= 4 is 74.4 Å². The van der Waals surface area contributed by atoms with Crippen LogP contribution in [0.25, 0.3) is 0 Å². The quantitative estimate of drug-likeness (QED) is 0.222. The molecule has 0 heterocycles. The first kappa shape index (κ1) is 32.3. The fourth-order valence-corrected chi connectivity index (χ4v) is 5.51. The fraction of sp³-hybridized carbons (Fsp3) is 0.125. The van der Waals surface area contributed by atoms with Gasteiger partial charge in [0.05, 0.1) is 0 Å². The van der Waals surface area contributed by atoms with E-state index in [1.54, 1.807) is 0 Å². The molecule has 42 heavy (non-hydrogen) atoms. The average Bonchev–Trinajstić information content (AvgIpc) is 2.89. The molecule has 0 fully saturated rings. The van der Waals surface area contributed by atoms with Crippen LogP contribution in [0.1, 0.15) is 27.7 Å². The number of benzene rings is 4. The molecule has 0 atom stereocenters. The minimum atomic E-state index is -2.02.